The van der Waals surface area contributed by atoms with E-state index in [-0.39, 0.29) is 12.5 Å². The van der Waals surface area contributed by atoms with Gasteiger partial charge in [-0.25, -0.2) is 0 Å². The van der Waals surface area contributed by atoms with Crippen molar-refractivity contribution in [3.63, 3.8) is 0 Å². The minimum absolute atomic E-state index is 0.0797. The molecule has 0 aromatic heterocycles. The first-order valence-corrected chi connectivity index (χ1v) is 8.96. The van der Waals surface area contributed by atoms with Gasteiger partial charge in [0.1, 0.15) is 12.3 Å². The maximum absolute atomic E-state index is 12.4. The number of benzene rings is 2. The number of nitrogens with zero attached hydrogens (tertiary/aromatic N) is 1. The lowest BCUT2D eigenvalue weighted by molar-refractivity contribution is -0.917. The zero-order valence-electron chi connectivity index (χ0n) is 15.1. The Morgan fingerprint density at radius 3 is 2.40 bits per heavy atom. The fourth-order valence-corrected chi connectivity index (χ4v) is 3.30. The summed E-state index contributed by atoms with van der Waals surface area (Å²) in [7, 11) is 0. The molecule has 1 N–H and O–H groups in total. The van der Waals surface area contributed by atoms with Crippen LogP contribution >= 0.6 is 0 Å². The van der Waals surface area contributed by atoms with Gasteiger partial charge >= 0.3 is 0 Å². The van der Waals surface area contributed by atoms with Gasteiger partial charge in [0.05, 0.1) is 26.2 Å². The summed E-state index contributed by atoms with van der Waals surface area (Å²) in [5.41, 5.74) is 3.81. The lowest BCUT2D eigenvalue weighted by atomic mass is 10.1. The second-order valence-electron chi connectivity index (χ2n) is 6.90. The van der Waals surface area contributed by atoms with Gasteiger partial charge in [0.2, 0.25) is 0 Å². The van der Waals surface area contributed by atoms with Crippen molar-refractivity contribution in [2.24, 2.45) is 0 Å². The van der Waals surface area contributed by atoms with Crippen LogP contribution < -0.4 is 9.64 Å². The lowest BCUT2D eigenvalue weighted by Gasteiger charge is -2.32. The van der Waals surface area contributed by atoms with Crippen molar-refractivity contribution in [1.29, 1.82) is 0 Å². The molecule has 2 aromatic rings. The second kappa shape index (κ2) is 8.17. The summed E-state index contributed by atoms with van der Waals surface area (Å²) < 4.78 is 5.64. The summed E-state index contributed by atoms with van der Waals surface area (Å²) in [4.78, 5) is 15.8. The number of hydrogen-bond acceptors (Lipinski definition) is 2. The maximum atomic E-state index is 12.4. The number of hydrogen-bond donors (Lipinski definition) is 1. The Hall–Kier alpha value is -2.33. The number of quaternary nitrogens is 1. The Balaban J connectivity index is 1.44. The van der Waals surface area contributed by atoms with Crippen LogP contribution in [0.2, 0.25) is 0 Å². The third kappa shape index (κ3) is 5.07. The molecule has 1 fully saturated rings. The SMILES string of the molecule is Cc1cccc(C[NH+]2CCN(C(=O)COc3cccc(C)c3)CC2)c1. The van der Waals surface area contributed by atoms with E-state index in [1.54, 1.807) is 0 Å². The first-order chi connectivity index (χ1) is 12.1. The van der Waals surface area contributed by atoms with E-state index in [9.17, 15) is 4.79 Å². The van der Waals surface area contributed by atoms with Crippen LogP contribution in [0.25, 0.3) is 0 Å². The highest BCUT2D eigenvalue weighted by Gasteiger charge is 2.24. The zero-order chi connectivity index (χ0) is 17.6. The van der Waals surface area contributed by atoms with Crippen LogP contribution in [0.5, 0.6) is 5.75 Å². The molecule has 4 heteroatoms. The number of aryl methyl sites for hydroxylation is 2. The molecule has 2 aromatic carbocycles. The highest BCUT2D eigenvalue weighted by molar-refractivity contribution is 5.77. The molecule has 25 heavy (non-hydrogen) atoms. The fraction of sp³-hybridized carbons (Fsp3) is 0.381. The van der Waals surface area contributed by atoms with Crippen molar-refractivity contribution in [3.8, 4) is 5.75 Å². The monoisotopic (exact) mass is 339 g/mol. The summed E-state index contributed by atoms with van der Waals surface area (Å²) in [6.45, 7) is 8.89. The number of nitrogens with one attached hydrogen (secondary N) is 1. The quantitative estimate of drug-likeness (QED) is 0.898. The Morgan fingerprint density at radius 2 is 1.72 bits per heavy atom. The molecular weight excluding hydrogens is 312 g/mol. The second-order valence-corrected chi connectivity index (χ2v) is 6.90. The van der Waals surface area contributed by atoms with E-state index < -0.39 is 0 Å². The van der Waals surface area contributed by atoms with Crippen LogP contribution in [0, 0.1) is 13.8 Å². The Labute approximate surface area is 150 Å². The van der Waals surface area contributed by atoms with Crippen LogP contribution in [0.4, 0.5) is 0 Å². The topological polar surface area (TPSA) is 34.0 Å². The highest BCUT2D eigenvalue weighted by atomic mass is 16.5. The lowest BCUT2D eigenvalue weighted by Crippen LogP contribution is -3.13. The highest BCUT2D eigenvalue weighted by Crippen LogP contribution is 2.12. The van der Waals surface area contributed by atoms with E-state index >= 15 is 0 Å². The molecule has 0 saturated carbocycles. The largest absolute Gasteiger partial charge is 0.484 e. The molecule has 4 nitrogen and oxygen atoms in total. The van der Waals surface area contributed by atoms with Gasteiger partial charge in [0.25, 0.3) is 5.91 Å². The number of rotatable bonds is 5. The summed E-state index contributed by atoms with van der Waals surface area (Å²) >= 11 is 0. The van der Waals surface area contributed by atoms with E-state index in [0.717, 1.165) is 44.0 Å². The zero-order valence-corrected chi connectivity index (χ0v) is 15.1. The van der Waals surface area contributed by atoms with E-state index in [1.807, 2.05) is 36.1 Å². The average Bonchev–Trinajstić information content (AvgIpc) is 2.60. The molecule has 1 amide bonds. The molecule has 0 radical (unpaired) electrons. The van der Waals surface area contributed by atoms with Gasteiger partial charge in [-0.2, -0.15) is 0 Å². The summed E-state index contributed by atoms with van der Waals surface area (Å²) in [6.07, 6.45) is 0. The fourth-order valence-electron chi connectivity index (χ4n) is 3.30. The van der Waals surface area contributed by atoms with Crippen LogP contribution in [0.1, 0.15) is 16.7 Å². The van der Waals surface area contributed by atoms with E-state index in [0.29, 0.717) is 0 Å². The maximum Gasteiger partial charge on any atom is 0.260 e. The Morgan fingerprint density at radius 1 is 1.04 bits per heavy atom. The molecule has 0 unspecified atom stereocenters. The molecule has 0 bridgehead atoms. The number of piperazine rings is 1. The first kappa shape index (κ1) is 17.5. The van der Waals surface area contributed by atoms with Crippen molar-refractivity contribution < 1.29 is 14.4 Å². The summed E-state index contributed by atoms with van der Waals surface area (Å²) in [6, 6.07) is 16.5. The van der Waals surface area contributed by atoms with Gasteiger partial charge in [-0.15, -0.1) is 0 Å². The minimum atomic E-state index is 0.0797. The van der Waals surface area contributed by atoms with Gasteiger partial charge in [-0.3, -0.25) is 4.79 Å². The third-order valence-electron chi connectivity index (χ3n) is 4.71. The van der Waals surface area contributed by atoms with Crippen molar-refractivity contribution in [1.82, 2.24) is 4.90 Å². The molecule has 0 aliphatic carbocycles. The molecule has 1 aliphatic heterocycles. The van der Waals surface area contributed by atoms with Gasteiger partial charge in [0.15, 0.2) is 6.61 Å². The molecule has 1 heterocycles. The van der Waals surface area contributed by atoms with Crippen LogP contribution in [-0.2, 0) is 11.3 Å². The van der Waals surface area contributed by atoms with E-state index in [1.165, 1.54) is 16.0 Å². The molecule has 132 valence electrons. The van der Waals surface area contributed by atoms with Crippen molar-refractivity contribution >= 4 is 5.91 Å². The van der Waals surface area contributed by atoms with Gasteiger partial charge in [-0.05, 0) is 31.5 Å². The smallest absolute Gasteiger partial charge is 0.260 e. The summed E-state index contributed by atoms with van der Waals surface area (Å²) in [5, 5.41) is 0. The number of carbonyl (C=O) groups excluding carboxylic acids is 1. The summed E-state index contributed by atoms with van der Waals surface area (Å²) in [5.74, 6) is 0.841. The third-order valence-corrected chi connectivity index (χ3v) is 4.71. The van der Waals surface area contributed by atoms with Crippen molar-refractivity contribution in [3.05, 3.63) is 65.2 Å². The van der Waals surface area contributed by atoms with E-state index in [4.69, 9.17) is 4.74 Å². The number of amides is 1. The van der Waals surface area contributed by atoms with Gasteiger partial charge in [-0.1, -0.05) is 42.0 Å². The number of ether oxygens (including phenoxy) is 1. The Bertz CT molecular complexity index is 721. The van der Waals surface area contributed by atoms with Gasteiger partial charge < -0.3 is 14.5 Å². The standard InChI is InChI=1S/C21H26N2O2/c1-17-5-3-7-19(13-17)15-22-9-11-23(12-10-22)21(24)16-25-20-8-4-6-18(2)14-20/h3-8,13-14H,9-12,15-16H2,1-2H3/p+1. The van der Waals surface area contributed by atoms with Crippen LogP contribution in [-0.4, -0.2) is 43.6 Å². The molecular formula is C21H27N2O2+. The van der Waals surface area contributed by atoms with Crippen LogP contribution in [0.15, 0.2) is 48.5 Å². The minimum Gasteiger partial charge on any atom is -0.484 e. The Kier molecular flexibility index (Phi) is 5.71. The predicted octanol–water partition coefficient (Wildman–Crippen LogP) is 1.61. The molecule has 1 saturated heterocycles. The molecule has 0 spiro atoms. The van der Waals surface area contributed by atoms with Crippen molar-refractivity contribution in [2.75, 3.05) is 32.8 Å². The molecule has 1 aliphatic rings. The normalized spacial score (nSPS) is 15.2. The van der Waals surface area contributed by atoms with Crippen molar-refractivity contribution in [2.45, 2.75) is 20.4 Å². The molecule has 3 rings (SSSR count). The number of carbonyl (C=O) groups is 1. The van der Waals surface area contributed by atoms with Gasteiger partial charge in [0, 0.05) is 5.56 Å². The first-order valence-electron chi connectivity index (χ1n) is 8.96. The van der Waals surface area contributed by atoms with E-state index in [2.05, 4.69) is 31.2 Å². The predicted molar refractivity (Wildman–Crippen MR) is 98.8 cm³/mol. The molecule has 0 atom stereocenters. The average molecular weight is 339 g/mol. The van der Waals surface area contributed by atoms with Crippen LogP contribution in [0.3, 0.4) is 0 Å².